The molecule has 5 heteroatoms. The van der Waals surface area contributed by atoms with E-state index in [1.165, 1.54) is 10.7 Å². The van der Waals surface area contributed by atoms with Gasteiger partial charge in [-0.3, -0.25) is 4.79 Å². The van der Waals surface area contributed by atoms with Crippen molar-refractivity contribution >= 4 is 0 Å². The number of hydrogen-bond donors (Lipinski definition) is 0. The average Bonchev–Trinajstić information content (AvgIpc) is 2.46. The van der Waals surface area contributed by atoms with Crippen molar-refractivity contribution in [3.05, 3.63) is 40.7 Å². The first-order valence-corrected chi connectivity index (χ1v) is 6.39. The van der Waals surface area contributed by atoms with E-state index < -0.39 is 0 Å². The Labute approximate surface area is 117 Å². The summed E-state index contributed by atoms with van der Waals surface area (Å²) >= 11 is 0. The van der Waals surface area contributed by atoms with Crippen molar-refractivity contribution in [2.24, 2.45) is 0 Å². The van der Waals surface area contributed by atoms with Crippen molar-refractivity contribution in [2.75, 3.05) is 14.2 Å². The summed E-state index contributed by atoms with van der Waals surface area (Å²) in [6.07, 6.45) is 0. The topological polar surface area (TPSA) is 53.4 Å². The zero-order valence-corrected chi connectivity index (χ0v) is 12.1. The molecule has 0 spiro atoms. The van der Waals surface area contributed by atoms with E-state index in [4.69, 9.17) is 9.47 Å². The van der Waals surface area contributed by atoms with Crippen molar-refractivity contribution in [3.8, 4) is 22.8 Å². The Morgan fingerprint density at radius 3 is 2.35 bits per heavy atom. The van der Waals surface area contributed by atoms with Crippen LogP contribution >= 0.6 is 0 Å². The monoisotopic (exact) mass is 274 g/mol. The van der Waals surface area contributed by atoms with Crippen molar-refractivity contribution in [1.82, 2.24) is 9.78 Å². The Bertz CT molecular complexity index is 662. The summed E-state index contributed by atoms with van der Waals surface area (Å²) < 4.78 is 12.0. The lowest BCUT2D eigenvalue weighted by Gasteiger charge is -2.12. The number of ether oxygens (including phenoxy) is 2. The molecule has 1 heterocycles. The maximum Gasteiger partial charge on any atom is 0.267 e. The quantitative estimate of drug-likeness (QED) is 0.859. The molecule has 1 aromatic heterocycles. The molecule has 0 aliphatic carbocycles. The van der Waals surface area contributed by atoms with Crippen LogP contribution in [-0.2, 0) is 0 Å². The molecule has 0 saturated heterocycles. The third-order valence-electron chi connectivity index (χ3n) is 2.99. The van der Waals surface area contributed by atoms with Gasteiger partial charge in [0.1, 0.15) is 0 Å². The molecule has 0 aliphatic rings. The number of aromatic nitrogens is 2. The van der Waals surface area contributed by atoms with Gasteiger partial charge in [0.2, 0.25) is 0 Å². The second kappa shape index (κ2) is 5.77. The molecule has 0 amide bonds. The van der Waals surface area contributed by atoms with Gasteiger partial charge in [0, 0.05) is 11.6 Å². The summed E-state index contributed by atoms with van der Waals surface area (Å²) in [5.41, 5.74) is 1.49. The maximum atomic E-state index is 11.7. The number of rotatable bonds is 4. The summed E-state index contributed by atoms with van der Waals surface area (Å²) in [6.45, 7) is 3.85. The van der Waals surface area contributed by atoms with Gasteiger partial charge in [0.25, 0.3) is 5.56 Å². The third kappa shape index (κ3) is 2.66. The second-order valence-corrected chi connectivity index (χ2v) is 4.66. The van der Waals surface area contributed by atoms with E-state index in [-0.39, 0.29) is 11.6 Å². The minimum absolute atomic E-state index is 0.0163. The first-order valence-electron chi connectivity index (χ1n) is 6.39. The molecule has 5 nitrogen and oxygen atoms in total. The molecule has 2 rings (SSSR count). The van der Waals surface area contributed by atoms with Gasteiger partial charge in [-0.05, 0) is 38.1 Å². The van der Waals surface area contributed by atoms with E-state index in [1.54, 1.807) is 20.3 Å². The molecule has 106 valence electrons. The van der Waals surface area contributed by atoms with Crippen LogP contribution in [0.5, 0.6) is 11.5 Å². The van der Waals surface area contributed by atoms with Crippen molar-refractivity contribution in [1.29, 1.82) is 0 Å². The van der Waals surface area contributed by atoms with Crippen molar-refractivity contribution in [3.63, 3.8) is 0 Å². The van der Waals surface area contributed by atoms with E-state index in [0.29, 0.717) is 11.5 Å². The van der Waals surface area contributed by atoms with Gasteiger partial charge in [-0.1, -0.05) is 0 Å². The Morgan fingerprint density at radius 2 is 1.75 bits per heavy atom. The summed E-state index contributed by atoms with van der Waals surface area (Å²) in [5.74, 6) is 1.29. The third-order valence-corrected chi connectivity index (χ3v) is 2.99. The highest BCUT2D eigenvalue weighted by Crippen LogP contribution is 2.31. The lowest BCUT2D eigenvalue weighted by molar-refractivity contribution is 0.355. The molecule has 0 atom stereocenters. The Hall–Kier alpha value is -2.30. The molecule has 20 heavy (non-hydrogen) atoms. The molecule has 0 N–H and O–H groups in total. The number of benzene rings is 1. The van der Waals surface area contributed by atoms with Gasteiger partial charge >= 0.3 is 0 Å². The van der Waals surface area contributed by atoms with E-state index in [9.17, 15) is 4.79 Å². The van der Waals surface area contributed by atoms with Crippen molar-refractivity contribution < 1.29 is 9.47 Å². The summed E-state index contributed by atoms with van der Waals surface area (Å²) in [6, 6.07) is 8.81. The van der Waals surface area contributed by atoms with Gasteiger partial charge < -0.3 is 9.47 Å². The van der Waals surface area contributed by atoms with Crippen LogP contribution in [0.3, 0.4) is 0 Å². The highest BCUT2D eigenvalue weighted by Gasteiger charge is 2.09. The fourth-order valence-corrected chi connectivity index (χ4v) is 1.94. The van der Waals surface area contributed by atoms with Gasteiger partial charge in [-0.2, -0.15) is 5.10 Å². The molecule has 0 bridgehead atoms. The highest BCUT2D eigenvalue weighted by molar-refractivity contribution is 5.63. The van der Waals surface area contributed by atoms with Gasteiger partial charge in [0.05, 0.1) is 26.0 Å². The van der Waals surface area contributed by atoms with Crippen LogP contribution in [0.2, 0.25) is 0 Å². The highest BCUT2D eigenvalue weighted by atomic mass is 16.5. The maximum absolute atomic E-state index is 11.7. The zero-order chi connectivity index (χ0) is 14.7. The molecule has 0 radical (unpaired) electrons. The molecule has 1 aromatic carbocycles. The lowest BCUT2D eigenvalue weighted by atomic mass is 10.1. The molecule has 0 fully saturated rings. The second-order valence-electron chi connectivity index (χ2n) is 4.66. The Balaban J connectivity index is 2.51. The van der Waals surface area contributed by atoms with Gasteiger partial charge in [-0.15, -0.1) is 0 Å². The van der Waals surface area contributed by atoms with E-state index in [1.807, 2.05) is 32.0 Å². The first-order chi connectivity index (χ1) is 9.56. The average molecular weight is 274 g/mol. The van der Waals surface area contributed by atoms with Gasteiger partial charge in [-0.25, -0.2) is 4.68 Å². The minimum atomic E-state index is -0.107. The SMILES string of the molecule is COc1ccc(-c2ccc(=O)n(C(C)C)n2)cc1OC. The fourth-order valence-electron chi connectivity index (χ4n) is 1.94. The predicted molar refractivity (Wildman–Crippen MR) is 77.4 cm³/mol. The summed E-state index contributed by atoms with van der Waals surface area (Å²) in [7, 11) is 3.18. The van der Waals surface area contributed by atoms with Crippen LogP contribution < -0.4 is 15.0 Å². The number of methoxy groups -OCH3 is 2. The van der Waals surface area contributed by atoms with Crippen LogP contribution in [-0.4, -0.2) is 24.0 Å². The zero-order valence-electron chi connectivity index (χ0n) is 12.1. The lowest BCUT2D eigenvalue weighted by Crippen LogP contribution is -2.23. The molecular weight excluding hydrogens is 256 g/mol. The van der Waals surface area contributed by atoms with Crippen LogP contribution in [0.4, 0.5) is 0 Å². The standard InChI is InChI=1S/C15H18N2O3/c1-10(2)17-15(18)8-6-12(16-17)11-5-7-13(19-3)14(9-11)20-4/h5-10H,1-4H3. The molecule has 0 unspecified atom stereocenters. The first kappa shape index (κ1) is 14.1. The number of nitrogens with zero attached hydrogens (tertiary/aromatic N) is 2. The normalized spacial score (nSPS) is 10.7. The molecule has 0 saturated carbocycles. The molecular formula is C15H18N2O3. The fraction of sp³-hybridized carbons (Fsp3) is 0.333. The largest absolute Gasteiger partial charge is 0.493 e. The Morgan fingerprint density at radius 1 is 1.05 bits per heavy atom. The molecule has 0 aliphatic heterocycles. The van der Waals surface area contributed by atoms with Crippen LogP contribution in [0, 0.1) is 0 Å². The van der Waals surface area contributed by atoms with Crippen LogP contribution in [0.15, 0.2) is 35.1 Å². The van der Waals surface area contributed by atoms with Crippen molar-refractivity contribution in [2.45, 2.75) is 19.9 Å². The summed E-state index contributed by atoms with van der Waals surface area (Å²) in [4.78, 5) is 11.7. The predicted octanol–water partition coefficient (Wildman–Crippen LogP) is 2.51. The minimum Gasteiger partial charge on any atom is -0.493 e. The van der Waals surface area contributed by atoms with E-state index in [0.717, 1.165) is 11.3 Å². The summed E-state index contributed by atoms with van der Waals surface area (Å²) in [5, 5.41) is 4.38. The van der Waals surface area contributed by atoms with Crippen LogP contribution in [0.25, 0.3) is 11.3 Å². The van der Waals surface area contributed by atoms with E-state index in [2.05, 4.69) is 5.10 Å². The molecule has 2 aromatic rings. The van der Waals surface area contributed by atoms with Gasteiger partial charge in [0.15, 0.2) is 11.5 Å². The smallest absolute Gasteiger partial charge is 0.267 e. The van der Waals surface area contributed by atoms with E-state index >= 15 is 0 Å². The Kier molecular flexibility index (Phi) is 4.08. The number of hydrogen-bond acceptors (Lipinski definition) is 4. The van der Waals surface area contributed by atoms with Crippen LogP contribution in [0.1, 0.15) is 19.9 Å².